The molecule has 9 heteroatoms. The molecule has 0 bridgehead atoms. The lowest BCUT2D eigenvalue weighted by Gasteiger charge is -1.99. The second kappa shape index (κ2) is 6.42. The molecule has 21 heavy (non-hydrogen) atoms. The molecule has 0 atom stereocenters. The largest absolute Gasteiger partial charge is 0.497 e. The average Bonchev–Trinajstić information content (AvgIpc) is 3.14. The van der Waals surface area contributed by atoms with E-state index in [-0.39, 0.29) is 0 Å². The predicted molar refractivity (Wildman–Crippen MR) is 82.9 cm³/mol. The van der Waals surface area contributed by atoms with Gasteiger partial charge in [-0.25, -0.2) is 4.98 Å². The number of ether oxygens (including phenoxy) is 1. The first-order valence-electron chi connectivity index (χ1n) is 5.92. The molecular weight excluding hydrogens is 330 g/mol. The summed E-state index contributed by atoms with van der Waals surface area (Å²) in [5, 5.41) is 11.7. The van der Waals surface area contributed by atoms with Gasteiger partial charge in [-0.05, 0) is 24.3 Å². The molecule has 1 aromatic carbocycles. The van der Waals surface area contributed by atoms with Gasteiger partial charge in [0.05, 0.1) is 7.11 Å². The van der Waals surface area contributed by atoms with Gasteiger partial charge in [0.25, 0.3) is 0 Å². The number of nitrogens with zero attached hydrogens (tertiary/aromatic N) is 4. The Kier molecular flexibility index (Phi) is 4.37. The van der Waals surface area contributed by atoms with Crippen LogP contribution in [0.4, 0.5) is 0 Å². The molecule has 0 radical (unpaired) electrons. The fraction of sp³-hybridized carbons (Fsp3) is 0.167. The zero-order valence-corrected chi connectivity index (χ0v) is 13.3. The Morgan fingerprint density at radius 3 is 2.81 bits per heavy atom. The van der Waals surface area contributed by atoms with Crippen LogP contribution in [0.5, 0.6) is 5.75 Å². The van der Waals surface area contributed by atoms with E-state index in [4.69, 9.17) is 16.3 Å². The molecule has 0 saturated carbocycles. The molecule has 2 heterocycles. The topological polar surface area (TPSA) is 76.6 Å². The number of nitrogens with one attached hydrogen (secondary N) is 1. The van der Waals surface area contributed by atoms with Gasteiger partial charge in [-0.3, -0.25) is 5.10 Å². The first-order chi connectivity index (χ1) is 10.3. The summed E-state index contributed by atoms with van der Waals surface area (Å²) in [5.74, 6) is 2.11. The number of aromatic amines is 1. The van der Waals surface area contributed by atoms with Crippen LogP contribution >= 0.6 is 34.9 Å². The van der Waals surface area contributed by atoms with Crippen molar-refractivity contribution in [2.24, 2.45) is 0 Å². The lowest BCUT2D eigenvalue weighted by Crippen LogP contribution is -1.84. The molecule has 6 nitrogen and oxygen atoms in total. The summed E-state index contributed by atoms with van der Waals surface area (Å²) >= 11 is 8.59. The quantitative estimate of drug-likeness (QED) is 0.719. The Morgan fingerprint density at radius 1 is 1.33 bits per heavy atom. The molecule has 0 aliphatic carbocycles. The molecule has 3 rings (SSSR count). The van der Waals surface area contributed by atoms with Gasteiger partial charge in [0.15, 0.2) is 5.82 Å². The van der Waals surface area contributed by atoms with Crippen molar-refractivity contribution in [1.29, 1.82) is 0 Å². The third kappa shape index (κ3) is 3.34. The van der Waals surface area contributed by atoms with Crippen LogP contribution in [0.3, 0.4) is 0 Å². The van der Waals surface area contributed by atoms with Gasteiger partial charge in [0.2, 0.25) is 5.16 Å². The maximum Gasteiger partial charge on any atom is 0.209 e. The van der Waals surface area contributed by atoms with Gasteiger partial charge in [0, 0.05) is 22.8 Å². The number of benzene rings is 1. The number of hydrogen-bond acceptors (Lipinski definition) is 7. The second-order valence-corrected chi connectivity index (χ2v) is 6.28. The number of halogens is 1. The minimum Gasteiger partial charge on any atom is -0.497 e. The molecule has 0 spiro atoms. The summed E-state index contributed by atoms with van der Waals surface area (Å²) < 4.78 is 9.52. The number of methoxy groups -OCH3 is 1. The summed E-state index contributed by atoms with van der Waals surface area (Å²) in [6.07, 6.45) is 0. The number of rotatable bonds is 5. The Morgan fingerprint density at radius 2 is 2.14 bits per heavy atom. The molecule has 108 valence electrons. The molecular formula is C12H10ClN5OS2. The average molecular weight is 340 g/mol. The highest BCUT2D eigenvalue weighted by molar-refractivity contribution is 7.98. The van der Waals surface area contributed by atoms with E-state index in [2.05, 4.69) is 24.8 Å². The van der Waals surface area contributed by atoms with E-state index >= 15 is 0 Å². The Bertz CT molecular complexity index is 727. The maximum absolute atomic E-state index is 5.96. The van der Waals surface area contributed by atoms with E-state index in [1.54, 1.807) is 7.11 Å². The van der Waals surface area contributed by atoms with Gasteiger partial charge in [0.1, 0.15) is 15.8 Å². The lowest BCUT2D eigenvalue weighted by atomic mass is 10.2. The summed E-state index contributed by atoms with van der Waals surface area (Å²) in [7, 11) is 1.64. The minimum atomic E-state index is 0.592. The molecule has 0 aliphatic heterocycles. The molecule has 0 unspecified atom stereocenters. The summed E-state index contributed by atoms with van der Waals surface area (Å²) in [5.41, 5.74) is 1.70. The standard InChI is InChI=1S/C12H10ClN5OS2/c1-19-8-4-2-7(3-5-8)11-14-12(17-16-11)20-6-9-10(13)21-18-15-9/h2-5H,6H2,1H3,(H,14,16,17). The third-order valence-corrected chi connectivity index (χ3v) is 4.52. The van der Waals surface area contributed by atoms with E-state index in [0.29, 0.717) is 21.1 Å². The fourth-order valence-corrected chi connectivity index (χ4v) is 3.14. The van der Waals surface area contributed by atoms with Crippen LogP contribution in [0.15, 0.2) is 29.4 Å². The third-order valence-electron chi connectivity index (χ3n) is 2.68. The second-order valence-electron chi connectivity index (χ2n) is 3.98. The van der Waals surface area contributed by atoms with E-state index in [1.807, 2.05) is 24.3 Å². The van der Waals surface area contributed by atoms with E-state index in [0.717, 1.165) is 17.0 Å². The highest BCUT2D eigenvalue weighted by Gasteiger charge is 2.10. The first kappa shape index (κ1) is 14.3. The number of hydrogen-bond donors (Lipinski definition) is 1. The van der Waals surface area contributed by atoms with E-state index in [1.165, 1.54) is 23.3 Å². The van der Waals surface area contributed by atoms with Crippen molar-refractivity contribution in [1.82, 2.24) is 24.8 Å². The van der Waals surface area contributed by atoms with Crippen LogP contribution in [0.2, 0.25) is 4.34 Å². The molecule has 0 saturated heterocycles. The van der Waals surface area contributed by atoms with Crippen molar-refractivity contribution in [3.8, 4) is 17.1 Å². The summed E-state index contributed by atoms with van der Waals surface area (Å²) in [6.45, 7) is 0. The van der Waals surface area contributed by atoms with Crippen LogP contribution in [0.1, 0.15) is 5.69 Å². The zero-order valence-electron chi connectivity index (χ0n) is 10.9. The Hall–Kier alpha value is -1.64. The van der Waals surface area contributed by atoms with Crippen LogP contribution in [0.25, 0.3) is 11.4 Å². The van der Waals surface area contributed by atoms with Crippen molar-refractivity contribution in [3.05, 3.63) is 34.3 Å². The number of aromatic nitrogens is 5. The van der Waals surface area contributed by atoms with Gasteiger partial charge >= 0.3 is 0 Å². The van der Waals surface area contributed by atoms with Crippen LogP contribution in [-0.2, 0) is 5.75 Å². The van der Waals surface area contributed by atoms with Crippen molar-refractivity contribution >= 4 is 34.9 Å². The van der Waals surface area contributed by atoms with Crippen molar-refractivity contribution in [2.75, 3.05) is 7.11 Å². The predicted octanol–water partition coefficient (Wildman–Crippen LogP) is 3.28. The van der Waals surface area contributed by atoms with Crippen molar-refractivity contribution in [3.63, 3.8) is 0 Å². The molecule has 1 N–H and O–H groups in total. The van der Waals surface area contributed by atoms with Gasteiger partial charge in [-0.2, -0.15) is 0 Å². The van der Waals surface area contributed by atoms with Crippen molar-refractivity contribution < 1.29 is 4.74 Å². The molecule has 3 aromatic rings. The normalized spacial score (nSPS) is 10.8. The molecule has 0 fully saturated rings. The van der Waals surface area contributed by atoms with E-state index < -0.39 is 0 Å². The fourth-order valence-electron chi connectivity index (χ4n) is 1.61. The number of thioether (sulfide) groups is 1. The Balaban J connectivity index is 1.69. The van der Waals surface area contributed by atoms with Crippen molar-refractivity contribution in [2.45, 2.75) is 10.9 Å². The van der Waals surface area contributed by atoms with Gasteiger partial charge in [-0.15, -0.1) is 10.2 Å². The first-order valence-corrected chi connectivity index (χ1v) is 8.06. The summed E-state index contributed by atoms with van der Waals surface area (Å²) in [6, 6.07) is 7.61. The maximum atomic E-state index is 5.96. The lowest BCUT2D eigenvalue weighted by molar-refractivity contribution is 0.415. The molecule has 2 aromatic heterocycles. The minimum absolute atomic E-state index is 0.592. The molecule has 0 aliphatic rings. The van der Waals surface area contributed by atoms with Gasteiger partial charge < -0.3 is 4.74 Å². The highest BCUT2D eigenvalue weighted by atomic mass is 35.5. The van der Waals surface area contributed by atoms with Gasteiger partial charge in [-0.1, -0.05) is 27.9 Å². The Labute approximate surface area is 134 Å². The van der Waals surface area contributed by atoms with Crippen LogP contribution in [-0.4, -0.2) is 31.9 Å². The SMILES string of the molecule is COc1ccc(-c2nc(SCc3nnsc3Cl)n[nH]2)cc1. The highest BCUT2D eigenvalue weighted by Crippen LogP contribution is 2.26. The molecule has 0 amide bonds. The van der Waals surface area contributed by atoms with Crippen LogP contribution in [0, 0.1) is 0 Å². The van der Waals surface area contributed by atoms with Crippen LogP contribution < -0.4 is 4.74 Å². The zero-order chi connectivity index (χ0) is 14.7. The summed E-state index contributed by atoms with van der Waals surface area (Å²) in [4.78, 5) is 4.43. The smallest absolute Gasteiger partial charge is 0.209 e. The monoisotopic (exact) mass is 339 g/mol. The van der Waals surface area contributed by atoms with E-state index in [9.17, 15) is 0 Å². The number of H-pyrrole nitrogens is 1.